The Kier molecular flexibility index (Phi) is 7.40. The largest absolute Gasteiger partial charge is 0.368 e. The average molecular weight is 446 g/mol. The van der Waals surface area contributed by atoms with Crippen molar-refractivity contribution >= 4 is 17.4 Å². The first-order valence-corrected chi connectivity index (χ1v) is 11.5. The molecule has 33 heavy (non-hydrogen) atoms. The standard InChI is InChI=1S/C26H31N5O2/c1-21(12-13-22-8-4-2-5-9-22)27-25(32)20-31-26(33)15-14-24(28-31)30-18-16-29(17-19-30)23-10-6-3-7-11-23/h2-11,14-15,21H,12-13,16-20H2,1H3,(H,27,32). The van der Waals surface area contributed by atoms with Gasteiger partial charge in [-0.15, -0.1) is 0 Å². The van der Waals surface area contributed by atoms with Crippen LogP contribution in [-0.4, -0.2) is 47.9 Å². The number of nitrogens with zero attached hydrogens (tertiary/aromatic N) is 4. The third kappa shape index (κ3) is 6.22. The van der Waals surface area contributed by atoms with Gasteiger partial charge in [0, 0.05) is 44.0 Å². The molecular formula is C26H31N5O2. The molecule has 0 saturated carbocycles. The Hall–Kier alpha value is -3.61. The van der Waals surface area contributed by atoms with E-state index in [1.165, 1.54) is 22.0 Å². The minimum absolute atomic E-state index is 0.0163. The number of aryl methyl sites for hydroxylation is 1. The zero-order valence-corrected chi connectivity index (χ0v) is 19.1. The van der Waals surface area contributed by atoms with Gasteiger partial charge in [-0.2, -0.15) is 5.10 Å². The van der Waals surface area contributed by atoms with Gasteiger partial charge in [-0.1, -0.05) is 48.5 Å². The van der Waals surface area contributed by atoms with Gasteiger partial charge in [-0.05, 0) is 43.5 Å². The number of carbonyl (C=O) groups excluding carboxylic acids is 1. The van der Waals surface area contributed by atoms with E-state index in [4.69, 9.17) is 0 Å². The van der Waals surface area contributed by atoms with Crippen LogP contribution < -0.4 is 20.7 Å². The molecule has 1 fully saturated rings. The smallest absolute Gasteiger partial charge is 0.267 e. The highest BCUT2D eigenvalue weighted by Crippen LogP contribution is 2.18. The van der Waals surface area contributed by atoms with Gasteiger partial charge < -0.3 is 15.1 Å². The molecule has 0 aliphatic carbocycles. The molecule has 1 N–H and O–H groups in total. The monoisotopic (exact) mass is 445 g/mol. The molecule has 1 aliphatic rings. The highest BCUT2D eigenvalue weighted by molar-refractivity contribution is 5.75. The SMILES string of the molecule is CC(CCc1ccccc1)NC(=O)Cn1nc(N2CCN(c3ccccc3)CC2)ccc1=O. The fourth-order valence-electron chi connectivity index (χ4n) is 4.11. The summed E-state index contributed by atoms with van der Waals surface area (Å²) in [5.41, 5.74) is 2.19. The van der Waals surface area contributed by atoms with Gasteiger partial charge >= 0.3 is 0 Å². The van der Waals surface area contributed by atoms with Crippen molar-refractivity contribution in [2.24, 2.45) is 0 Å². The van der Waals surface area contributed by atoms with E-state index in [9.17, 15) is 9.59 Å². The number of rotatable bonds is 8. The molecule has 7 nitrogen and oxygen atoms in total. The van der Waals surface area contributed by atoms with Gasteiger partial charge in [0.15, 0.2) is 0 Å². The number of hydrogen-bond donors (Lipinski definition) is 1. The molecule has 1 atom stereocenters. The Bertz CT molecular complexity index is 1090. The normalized spacial score (nSPS) is 14.7. The molecule has 0 bridgehead atoms. The van der Waals surface area contributed by atoms with Gasteiger partial charge in [-0.3, -0.25) is 9.59 Å². The van der Waals surface area contributed by atoms with Crippen molar-refractivity contribution in [1.29, 1.82) is 0 Å². The van der Waals surface area contributed by atoms with Crippen LogP contribution in [-0.2, 0) is 17.8 Å². The lowest BCUT2D eigenvalue weighted by molar-refractivity contribution is -0.122. The lowest BCUT2D eigenvalue weighted by Gasteiger charge is -2.36. The minimum Gasteiger partial charge on any atom is -0.368 e. The summed E-state index contributed by atoms with van der Waals surface area (Å²) in [6.07, 6.45) is 1.73. The molecule has 7 heteroatoms. The summed E-state index contributed by atoms with van der Waals surface area (Å²) in [6.45, 7) is 5.28. The predicted octanol–water partition coefficient (Wildman–Crippen LogP) is 2.71. The Morgan fingerprint density at radius 3 is 2.24 bits per heavy atom. The summed E-state index contributed by atoms with van der Waals surface area (Å²) in [7, 11) is 0. The zero-order valence-electron chi connectivity index (χ0n) is 19.1. The highest BCUT2D eigenvalue weighted by atomic mass is 16.2. The van der Waals surface area contributed by atoms with Gasteiger partial charge in [0.05, 0.1) is 0 Å². The van der Waals surface area contributed by atoms with Gasteiger partial charge in [0.1, 0.15) is 12.4 Å². The third-order valence-corrected chi connectivity index (χ3v) is 5.99. The molecule has 0 spiro atoms. The Morgan fingerprint density at radius 1 is 0.909 bits per heavy atom. The first kappa shape index (κ1) is 22.6. The fourth-order valence-corrected chi connectivity index (χ4v) is 4.11. The Morgan fingerprint density at radius 2 is 1.55 bits per heavy atom. The number of piperazine rings is 1. The van der Waals surface area contributed by atoms with Crippen LogP contribution in [0, 0.1) is 0 Å². The van der Waals surface area contributed by atoms with E-state index < -0.39 is 0 Å². The van der Waals surface area contributed by atoms with E-state index in [1.54, 1.807) is 6.07 Å². The van der Waals surface area contributed by atoms with Crippen LogP contribution in [0.2, 0.25) is 0 Å². The Labute approximate surface area is 194 Å². The average Bonchev–Trinajstić information content (AvgIpc) is 2.85. The third-order valence-electron chi connectivity index (χ3n) is 5.99. The lowest BCUT2D eigenvalue weighted by Crippen LogP contribution is -2.47. The van der Waals surface area contributed by atoms with Crippen LogP contribution in [0.1, 0.15) is 18.9 Å². The van der Waals surface area contributed by atoms with Crippen molar-refractivity contribution in [2.75, 3.05) is 36.0 Å². The second kappa shape index (κ2) is 10.8. The van der Waals surface area contributed by atoms with Gasteiger partial charge in [0.25, 0.3) is 5.56 Å². The Balaban J connectivity index is 1.31. The summed E-state index contributed by atoms with van der Waals surface area (Å²) in [6, 6.07) is 23.8. The van der Waals surface area contributed by atoms with Crippen LogP contribution >= 0.6 is 0 Å². The van der Waals surface area contributed by atoms with Crippen molar-refractivity contribution in [1.82, 2.24) is 15.1 Å². The summed E-state index contributed by atoms with van der Waals surface area (Å²) in [4.78, 5) is 29.4. The van der Waals surface area contributed by atoms with E-state index in [1.807, 2.05) is 43.3 Å². The number of anilines is 2. The molecule has 1 aromatic heterocycles. The molecular weight excluding hydrogens is 414 g/mol. The van der Waals surface area contributed by atoms with E-state index in [0.717, 1.165) is 44.8 Å². The highest BCUT2D eigenvalue weighted by Gasteiger charge is 2.19. The molecule has 1 amide bonds. The minimum atomic E-state index is -0.270. The number of nitrogens with one attached hydrogen (secondary N) is 1. The van der Waals surface area contributed by atoms with Crippen molar-refractivity contribution in [3.8, 4) is 0 Å². The second-order valence-corrected chi connectivity index (χ2v) is 8.49. The zero-order chi connectivity index (χ0) is 23.0. The second-order valence-electron chi connectivity index (χ2n) is 8.49. The topological polar surface area (TPSA) is 70.5 Å². The summed E-state index contributed by atoms with van der Waals surface area (Å²) in [5, 5.41) is 7.48. The van der Waals surface area contributed by atoms with Crippen molar-refractivity contribution in [2.45, 2.75) is 32.4 Å². The molecule has 2 aromatic carbocycles. The summed E-state index contributed by atoms with van der Waals surface area (Å²) < 4.78 is 1.26. The fraction of sp³-hybridized carbons (Fsp3) is 0.346. The van der Waals surface area contributed by atoms with Crippen LogP contribution in [0.4, 0.5) is 11.5 Å². The molecule has 1 saturated heterocycles. The maximum absolute atomic E-state index is 12.5. The van der Waals surface area contributed by atoms with Crippen LogP contribution in [0.3, 0.4) is 0 Å². The van der Waals surface area contributed by atoms with Gasteiger partial charge in [-0.25, -0.2) is 4.68 Å². The number of amides is 1. The van der Waals surface area contributed by atoms with Crippen LogP contribution in [0.5, 0.6) is 0 Å². The number of aromatic nitrogens is 2. The number of carbonyl (C=O) groups is 1. The predicted molar refractivity (Wildman–Crippen MR) is 132 cm³/mol. The molecule has 1 unspecified atom stereocenters. The van der Waals surface area contributed by atoms with E-state index in [-0.39, 0.29) is 24.1 Å². The number of para-hydroxylation sites is 1. The molecule has 1 aliphatic heterocycles. The first-order valence-electron chi connectivity index (χ1n) is 11.5. The van der Waals surface area contributed by atoms with Crippen molar-refractivity contribution in [3.63, 3.8) is 0 Å². The molecule has 172 valence electrons. The molecule has 4 rings (SSSR count). The van der Waals surface area contributed by atoms with Crippen LogP contribution in [0.15, 0.2) is 77.6 Å². The quantitative estimate of drug-likeness (QED) is 0.577. The van der Waals surface area contributed by atoms with Gasteiger partial charge in [0.2, 0.25) is 5.91 Å². The van der Waals surface area contributed by atoms with Crippen molar-refractivity contribution in [3.05, 3.63) is 88.7 Å². The van der Waals surface area contributed by atoms with E-state index in [0.29, 0.717) is 0 Å². The number of benzene rings is 2. The lowest BCUT2D eigenvalue weighted by atomic mass is 10.1. The van der Waals surface area contributed by atoms with Crippen molar-refractivity contribution < 1.29 is 4.79 Å². The van der Waals surface area contributed by atoms with E-state index in [2.05, 4.69) is 44.5 Å². The molecule has 0 radical (unpaired) electrons. The van der Waals surface area contributed by atoms with Crippen LogP contribution in [0.25, 0.3) is 0 Å². The maximum atomic E-state index is 12.5. The molecule has 3 aromatic rings. The van der Waals surface area contributed by atoms with E-state index >= 15 is 0 Å². The summed E-state index contributed by atoms with van der Waals surface area (Å²) in [5.74, 6) is 0.531. The maximum Gasteiger partial charge on any atom is 0.267 e. The summed E-state index contributed by atoms with van der Waals surface area (Å²) >= 11 is 0. The molecule has 2 heterocycles. The first-order chi connectivity index (χ1) is 16.1. The number of hydrogen-bond acceptors (Lipinski definition) is 5.